The van der Waals surface area contributed by atoms with E-state index in [9.17, 15) is 4.79 Å². The van der Waals surface area contributed by atoms with Gasteiger partial charge in [-0.3, -0.25) is 4.79 Å². The summed E-state index contributed by atoms with van der Waals surface area (Å²) in [5, 5.41) is 1.09. The Morgan fingerprint density at radius 2 is 2.19 bits per heavy atom. The predicted molar refractivity (Wildman–Crippen MR) is 92.7 cm³/mol. The Bertz CT molecular complexity index is 467. The zero-order valence-corrected chi connectivity index (χ0v) is 15.2. The standard InChI is InChI=1S/C14H23N3OS.2ClH/c1-4-6-10(15)14(18)17(3)12-8-5-7-11-13(12)19-9(2)16-11;;/h10,12H,4-8,15H2,1-3H3;2*1H. The van der Waals surface area contributed by atoms with Gasteiger partial charge >= 0.3 is 0 Å². The molecule has 1 amide bonds. The number of amides is 1. The van der Waals surface area contributed by atoms with Crippen LogP contribution < -0.4 is 5.73 Å². The number of aryl methyl sites for hydroxylation is 2. The van der Waals surface area contributed by atoms with Crippen molar-refractivity contribution >= 4 is 42.1 Å². The summed E-state index contributed by atoms with van der Waals surface area (Å²) in [4.78, 5) is 20.0. The molecule has 1 aromatic heterocycles. The van der Waals surface area contributed by atoms with Crippen molar-refractivity contribution in [1.29, 1.82) is 0 Å². The Morgan fingerprint density at radius 3 is 2.81 bits per heavy atom. The van der Waals surface area contributed by atoms with Crippen molar-refractivity contribution in [2.75, 3.05) is 7.05 Å². The largest absolute Gasteiger partial charge is 0.336 e. The molecule has 0 spiro atoms. The van der Waals surface area contributed by atoms with E-state index in [1.165, 1.54) is 10.6 Å². The van der Waals surface area contributed by atoms with Crippen LogP contribution in [0, 0.1) is 6.92 Å². The fourth-order valence-electron chi connectivity index (χ4n) is 2.74. The van der Waals surface area contributed by atoms with Crippen molar-refractivity contribution in [2.45, 2.75) is 58.0 Å². The van der Waals surface area contributed by atoms with E-state index >= 15 is 0 Å². The molecule has 1 aliphatic rings. The first-order chi connectivity index (χ1) is 9.04. The molecule has 7 heteroatoms. The van der Waals surface area contributed by atoms with Crippen LogP contribution in [0.5, 0.6) is 0 Å². The quantitative estimate of drug-likeness (QED) is 0.903. The zero-order chi connectivity index (χ0) is 14.0. The van der Waals surface area contributed by atoms with Crippen LogP contribution in [0.3, 0.4) is 0 Å². The monoisotopic (exact) mass is 353 g/mol. The maximum absolute atomic E-state index is 12.3. The Kier molecular flexibility index (Phi) is 8.78. The molecule has 2 N–H and O–H groups in total. The first kappa shape index (κ1) is 20.6. The summed E-state index contributed by atoms with van der Waals surface area (Å²) >= 11 is 1.72. The lowest BCUT2D eigenvalue weighted by atomic mass is 9.96. The average Bonchev–Trinajstić information content (AvgIpc) is 2.77. The van der Waals surface area contributed by atoms with E-state index < -0.39 is 0 Å². The van der Waals surface area contributed by atoms with Crippen LogP contribution >= 0.6 is 36.2 Å². The van der Waals surface area contributed by atoms with Crippen molar-refractivity contribution in [2.24, 2.45) is 5.73 Å². The number of rotatable bonds is 4. The number of halogens is 2. The molecule has 0 saturated carbocycles. The van der Waals surface area contributed by atoms with Gasteiger partial charge in [-0.05, 0) is 32.6 Å². The summed E-state index contributed by atoms with van der Waals surface area (Å²) in [6.07, 6.45) is 4.86. The minimum absolute atomic E-state index is 0. The molecule has 0 bridgehead atoms. The number of carbonyl (C=O) groups is 1. The van der Waals surface area contributed by atoms with Crippen LogP contribution in [-0.4, -0.2) is 28.9 Å². The van der Waals surface area contributed by atoms with Gasteiger partial charge in [-0.15, -0.1) is 36.2 Å². The van der Waals surface area contributed by atoms with Gasteiger partial charge in [-0.25, -0.2) is 4.98 Å². The topological polar surface area (TPSA) is 59.2 Å². The first-order valence-electron chi connectivity index (χ1n) is 7.03. The third kappa shape index (κ3) is 4.55. The number of aromatic nitrogens is 1. The summed E-state index contributed by atoms with van der Waals surface area (Å²) in [7, 11) is 1.88. The van der Waals surface area contributed by atoms with E-state index in [1.807, 2.05) is 18.9 Å². The van der Waals surface area contributed by atoms with Gasteiger partial charge in [0.2, 0.25) is 5.91 Å². The minimum atomic E-state index is -0.366. The molecule has 21 heavy (non-hydrogen) atoms. The fraction of sp³-hybridized carbons (Fsp3) is 0.714. The second kappa shape index (κ2) is 8.93. The normalized spacial score (nSPS) is 18.0. The SMILES string of the molecule is CCCC(N)C(=O)N(C)C1CCCc2nc(C)sc21.Cl.Cl. The van der Waals surface area contributed by atoms with Crippen LogP contribution in [0.2, 0.25) is 0 Å². The van der Waals surface area contributed by atoms with Gasteiger partial charge in [-0.2, -0.15) is 0 Å². The number of nitrogens with zero attached hydrogens (tertiary/aromatic N) is 2. The van der Waals surface area contributed by atoms with Crippen LogP contribution in [0.25, 0.3) is 0 Å². The maximum Gasteiger partial charge on any atom is 0.239 e. The molecule has 0 saturated heterocycles. The molecule has 0 radical (unpaired) electrons. The highest BCUT2D eigenvalue weighted by Crippen LogP contribution is 2.37. The predicted octanol–water partition coefficient (Wildman–Crippen LogP) is 3.26. The molecule has 2 rings (SSSR count). The highest BCUT2D eigenvalue weighted by molar-refractivity contribution is 7.11. The van der Waals surface area contributed by atoms with E-state index in [1.54, 1.807) is 11.3 Å². The van der Waals surface area contributed by atoms with Gasteiger partial charge in [0.05, 0.1) is 27.7 Å². The van der Waals surface area contributed by atoms with E-state index in [2.05, 4.69) is 11.9 Å². The molecule has 2 unspecified atom stereocenters. The zero-order valence-electron chi connectivity index (χ0n) is 12.8. The van der Waals surface area contributed by atoms with E-state index in [4.69, 9.17) is 5.73 Å². The van der Waals surface area contributed by atoms with E-state index in [0.717, 1.165) is 37.1 Å². The lowest BCUT2D eigenvalue weighted by molar-refractivity contribution is -0.133. The van der Waals surface area contributed by atoms with Gasteiger partial charge in [0.1, 0.15) is 0 Å². The Morgan fingerprint density at radius 1 is 1.52 bits per heavy atom. The van der Waals surface area contributed by atoms with Crippen LogP contribution in [0.4, 0.5) is 0 Å². The van der Waals surface area contributed by atoms with Crippen molar-refractivity contribution in [3.8, 4) is 0 Å². The van der Waals surface area contributed by atoms with Gasteiger partial charge in [0, 0.05) is 7.05 Å². The van der Waals surface area contributed by atoms with Gasteiger partial charge in [0.15, 0.2) is 0 Å². The van der Waals surface area contributed by atoms with E-state index in [-0.39, 0.29) is 42.8 Å². The fourth-order valence-corrected chi connectivity index (χ4v) is 3.89. The van der Waals surface area contributed by atoms with Gasteiger partial charge in [-0.1, -0.05) is 13.3 Å². The van der Waals surface area contributed by atoms with Gasteiger partial charge in [0.25, 0.3) is 0 Å². The van der Waals surface area contributed by atoms with Crippen molar-refractivity contribution in [1.82, 2.24) is 9.88 Å². The Balaban J connectivity index is 0.00000200. The van der Waals surface area contributed by atoms with Gasteiger partial charge < -0.3 is 10.6 Å². The average molecular weight is 354 g/mol. The summed E-state index contributed by atoms with van der Waals surface area (Å²) in [5.41, 5.74) is 7.14. The molecular formula is C14H25Cl2N3OS. The molecule has 2 atom stereocenters. The molecule has 4 nitrogen and oxygen atoms in total. The van der Waals surface area contributed by atoms with E-state index in [0.29, 0.717) is 0 Å². The summed E-state index contributed by atoms with van der Waals surface area (Å²) < 4.78 is 0. The molecule has 1 aliphatic carbocycles. The van der Waals surface area contributed by atoms with Crippen LogP contribution in [-0.2, 0) is 11.2 Å². The number of fused-ring (bicyclic) bond motifs is 1. The minimum Gasteiger partial charge on any atom is -0.336 e. The Hall–Kier alpha value is -0.360. The number of carbonyl (C=O) groups excluding carboxylic acids is 1. The van der Waals surface area contributed by atoms with Crippen molar-refractivity contribution in [3.63, 3.8) is 0 Å². The summed E-state index contributed by atoms with van der Waals surface area (Å²) in [6, 6.07) is -0.195. The number of hydrogen-bond donors (Lipinski definition) is 1. The molecule has 0 fully saturated rings. The third-order valence-corrected chi connectivity index (χ3v) is 4.87. The lowest BCUT2D eigenvalue weighted by Crippen LogP contribution is -2.43. The second-order valence-electron chi connectivity index (χ2n) is 5.30. The molecule has 122 valence electrons. The van der Waals surface area contributed by atoms with Crippen LogP contribution in [0.15, 0.2) is 0 Å². The highest BCUT2D eigenvalue weighted by atomic mass is 35.5. The summed E-state index contributed by atoms with van der Waals surface area (Å²) in [5.74, 6) is 0.0609. The molecule has 0 aromatic carbocycles. The van der Waals surface area contributed by atoms with Crippen molar-refractivity contribution in [3.05, 3.63) is 15.6 Å². The molecule has 0 aliphatic heterocycles. The number of hydrogen-bond acceptors (Lipinski definition) is 4. The number of nitrogens with two attached hydrogens (primary N) is 1. The second-order valence-corrected chi connectivity index (χ2v) is 6.53. The third-order valence-electron chi connectivity index (χ3n) is 3.76. The summed E-state index contributed by atoms with van der Waals surface area (Å²) in [6.45, 7) is 4.09. The molecule has 1 aromatic rings. The molecular weight excluding hydrogens is 329 g/mol. The lowest BCUT2D eigenvalue weighted by Gasteiger charge is -2.32. The smallest absolute Gasteiger partial charge is 0.239 e. The molecule has 1 heterocycles. The first-order valence-corrected chi connectivity index (χ1v) is 7.84. The number of likely N-dealkylation sites (N-methyl/N-ethyl adjacent to an activating group) is 1. The van der Waals surface area contributed by atoms with Crippen LogP contribution in [0.1, 0.15) is 54.2 Å². The number of thiazole rings is 1. The Labute approximate surface area is 143 Å². The van der Waals surface area contributed by atoms with Crippen molar-refractivity contribution < 1.29 is 4.79 Å². The maximum atomic E-state index is 12.3. The highest BCUT2D eigenvalue weighted by Gasteiger charge is 2.31.